The summed E-state index contributed by atoms with van der Waals surface area (Å²) in [5.74, 6) is 0. The van der Waals surface area contributed by atoms with E-state index in [1.807, 2.05) is 0 Å². The van der Waals surface area contributed by atoms with Gasteiger partial charge in [0.05, 0.1) is 18.3 Å². The maximum atomic E-state index is 7.08. The van der Waals surface area contributed by atoms with Crippen molar-refractivity contribution in [1.82, 2.24) is 0 Å². The Hall–Kier alpha value is -0.320. The quantitative estimate of drug-likeness (QED) is 0.0579. The molecule has 8 nitrogen and oxygen atoms in total. The smallest absolute Gasteiger partial charge is 0.190 e. The van der Waals surface area contributed by atoms with Gasteiger partial charge in [-0.15, -0.1) is 0 Å². The van der Waals surface area contributed by atoms with Crippen molar-refractivity contribution in [2.75, 3.05) is 39.6 Å². The Bertz CT molecular complexity index is 695. The first kappa shape index (κ1) is 39.9. The van der Waals surface area contributed by atoms with E-state index in [0.717, 1.165) is 77.8 Å². The molecule has 0 bridgehead atoms. The molecule has 0 aromatic carbocycles. The summed E-state index contributed by atoms with van der Waals surface area (Å²) >= 11 is 0. The van der Waals surface area contributed by atoms with Crippen LogP contribution in [-0.4, -0.2) is 87.3 Å². The standard InChI is InChI=1S/C36H70O8/c1-10-13-14-15-16-17-22-31(41-29(4)5)36(42-30(6)7,34(8)32(43-34)39-27-20-18-25-37-23-11-2)35(9)33(44-35)40-28-21-19-26-38-24-12-3/h29-33H,10-28H2,1-9H3. The van der Waals surface area contributed by atoms with Crippen LogP contribution in [0.2, 0.25) is 0 Å². The SMILES string of the molecule is CCCCCCCCC(OC(C)C)C(OC(C)C)(C1(C)OC1OCCCCOCCC)C1(C)OC1OCCCCOCCC. The second kappa shape index (κ2) is 20.8. The Morgan fingerprint density at radius 1 is 0.568 bits per heavy atom. The fraction of sp³-hybridized carbons (Fsp3) is 1.00. The number of hydrogen-bond acceptors (Lipinski definition) is 8. The molecule has 2 fully saturated rings. The molecule has 0 saturated carbocycles. The van der Waals surface area contributed by atoms with Gasteiger partial charge < -0.3 is 37.9 Å². The maximum Gasteiger partial charge on any atom is 0.190 e. The van der Waals surface area contributed by atoms with Crippen molar-refractivity contribution >= 4 is 0 Å². The zero-order valence-electron chi connectivity index (χ0n) is 30.1. The van der Waals surface area contributed by atoms with Gasteiger partial charge in [0.15, 0.2) is 29.4 Å². The van der Waals surface area contributed by atoms with Gasteiger partial charge in [0.1, 0.15) is 0 Å². The van der Waals surface area contributed by atoms with Crippen LogP contribution in [0.4, 0.5) is 0 Å². The molecule has 0 aromatic rings. The van der Waals surface area contributed by atoms with Gasteiger partial charge in [-0.05, 0) is 86.5 Å². The normalized spacial score (nSPS) is 26.8. The van der Waals surface area contributed by atoms with Crippen LogP contribution in [0.25, 0.3) is 0 Å². The fourth-order valence-electron chi connectivity index (χ4n) is 6.39. The average molecular weight is 631 g/mol. The minimum Gasteiger partial charge on any atom is -0.381 e. The van der Waals surface area contributed by atoms with Crippen molar-refractivity contribution in [2.24, 2.45) is 0 Å². The van der Waals surface area contributed by atoms with Crippen LogP contribution >= 0.6 is 0 Å². The molecule has 262 valence electrons. The summed E-state index contributed by atoms with van der Waals surface area (Å²) in [6.07, 6.45) is 12.9. The van der Waals surface area contributed by atoms with Crippen LogP contribution in [0.15, 0.2) is 0 Å². The number of hydrogen-bond donors (Lipinski definition) is 0. The molecule has 2 rings (SSSR count). The van der Waals surface area contributed by atoms with E-state index in [1.54, 1.807) is 0 Å². The Kier molecular flexibility index (Phi) is 18.9. The van der Waals surface area contributed by atoms with Crippen molar-refractivity contribution in [3.63, 3.8) is 0 Å². The highest BCUT2D eigenvalue weighted by atomic mass is 16.8. The topological polar surface area (TPSA) is 80.4 Å². The summed E-state index contributed by atoms with van der Waals surface area (Å²) in [4.78, 5) is 0. The van der Waals surface area contributed by atoms with E-state index < -0.39 is 29.4 Å². The van der Waals surface area contributed by atoms with E-state index in [1.165, 1.54) is 32.1 Å². The van der Waals surface area contributed by atoms with Gasteiger partial charge >= 0.3 is 0 Å². The minimum atomic E-state index is -0.925. The van der Waals surface area contributed by atoms with Crippen molar-refractivity contribution in [1.29, 1.82) is 0 Å². The minimum absolute atomic E-state index is 0.0184. The van der Waals surface area contributed by atoms with Crippen LogP contribution in [0, 0.1) is 0 Å². The summed E-state index contributed by atoms with van der Waals surface area (Å²) in [5, 5.41) is 0. The molecule has 44 heavy (non-hydrogen) atoms. The first-order chi connectivity index (χ1) is 21.1. The van der Waals surface area contributed by atoms with Gasteiger partial charge in [-0.25, -0.2) is 0 Å². The maximum absolute atomic E-state index is 7.08. The first-order valence-electron chi connectivity index (χ1n) is 18.2. The summed E-state index contributed by atoms with van der Waals surface area (Å²) in [6.45, 7) is 23.5. The van der Waals surface area contributed by atoms with E-state index in [9.17, 15) is 0 Å². The molecule has 2 heterocycles. The second-order valence-corrected chi connectivity index (χ2v) is 13.6. The third-order valence-corrected chi connectivity index (χ3v) is 8.70. The second-order valence-electron chi connectivity index (χ2n) is 13.6. The van der Waals surface area contributed by atoms with Gasteiger partial charge in [0, 0.05) is 39.6 Å². The lowest BCUT2D eigenvalue weighted by atomic mass is 9.71. The predicted molar refractivity (Wildman–Crippen MR) is 176 cm³/mol. The largest absolute Gasteiger partial charge is 0.381 e. The molecule has 0 N–H and O–H groups in total. The van der Waals surface area contributed by atoms with Gasteiger partial charge in [-0.3, -0.25) is 0 Å². The van der Waals surface area contributed by atoms with Gasteiger partial charge in [0.25, 0.3) is 0 Å². The zero-order valence-corrected chi connectivity index (χ0v) is 30.1. The molecule has 5 unspecified atom stereocenters. The van der Waals surface area contributed by atoms with Crippen LogP contribution < -0.4 is 0 Å². The highest BCUT2D eigenvalue weighted by Gasteiger charge is 2.84. The van der Waals surface area contributed by atoms with Crippen LogP contribution in [0.5, 0.6) is 0 Å². The van der Waals surface area contributed by atoms with Crippen LogP contribution in [0.1, 0.15) is 146 Å². The summed E-state index contributed by atoms with van der Waals surface area (Å²) < 4.78 is 51.0. The lowest BCUT2D eigenvalue weighted by Crippen LogP contribution is -2.67. The molecular formula is C36H70O8. The van der Waals surface area contributed by atoms with E-state index >= 15 is 0 Å². The summed E-state index contributed by atoms with van der Waals surface area (Å²) in [5.41, 5.74) is -2.43. The van der Waals surface area contributed by atoms with Crippen molar-refractivity contribution in [3.8, 4) is 0 Å². The third-order valence-electron chi connectivity index (χ3n) is 8.70. The molecule has 0 spiro atoms. The Morgan fingerprint density at radius 2 is 1.05 bits per heavy atom. The number of ether oxygens (including phenoxy) is 8. The molecule has 0 radical (unpaired) electrons. The molecule has 0 aliphatic carbocycles. The number of rotatable bonds is 30. The molecule has 8 heteroatoms. The summed E-state index contributed by atoms with van der Waals surface area (Å²) in [7, 11) is 0. The van der Waals surface area contributed by atoms with Crippen molar-refractivity contribution in [2.45, 2.75) is 193 Å². The van der Waals surface area contributed by atoms with Gasteiger partial charge in [-0.1, -0.05) is 59.3 Å². The Labute approximate surface area is 270 Å². The molecule has 0 amide bonds. The molecule has 2 aliphatic rings. The van der Waals surface area contributed by atoms with Crippen molar-refractivity contribution < 1.29 is 37.9 Å². The third kappa shape index (κ3) is 11.7. The van der Waals surface area contributed by atoms with E-state index in [0.29, 0.717) is 13.2 Å². The lowest BCUT2D eigenvalue weighted by molar-refractivity contribution is -0.237. The molecule has 2 aliphatic heterocycles. The Balaban J connectivity index is 2.23. The molecule has 0 aromatic heterocycles. The molecular weight excluding hydrogens is 560 g/mol. The zero-order chi connectivity index (χ0) is 32.5. The van der Waals surface area contributed by atoms with Gasteiger partial charge in [-0.2, -0.15) is 0 Å². The number of unbranched alkanes of at least 4 members (excludes halogenated alkanes) is 7. The number of epoxide rings is 2. The van der Waals surface area contributed by atoms with Crippen LogP contribution in [0.3, 0.4) is 0 Å². The fourth-order valence-corrected chi connectivity index (χ4v) is 6.39. The highest BCUT2D eigenvalue weighted by Crippen LogP contribution is 2.63. The monoisotopic (exact) mass is 631 g/mol. The molecule has 2 saturated heterocycles. The van der Waals surface area contributed by atoms with Gasteiger partial charge in [0.2, 0.25) is 0 Å². The Morgan fingerprint density at radius 3 is 1.50 bits per heavy atom. The van der Waals surface area contributed by atoms with E-state index in [2.05, 4.69) is 62.3 Å². The van der Waals surface area contributed by atoms with Crippen LogP contribution in [-0.2, 0) is 37.9 Å². The van der Waals surface area contributed by atoms with Crippen molar-refractivity contribution in [3.05, 3.63) is 0 Å². The average Bonchev–Trinajstić information content (AvgIpc) is 3.86. The summed E-state index contributed by atoms with van der Waals surface area (Å²) in [6, 6.07) is 0. The predicted octanol–water partition coefficient (Wildman–Crippen LogP) is 8.37. The molecule has 5 atom stereocenters. The highest BCUT2D eigenvalue weighted by molar-refractivity contribution is 5.27. The van der Waals surface area contributed by atoms with E-state index in [-0.39, 0.29) is 18.3 Å². The van der Waals surface area contributed by atoms with E-state index in [4.69, 9.17) is 37.9 Å². The lowest BCUT2D eigenvalue weighted by Gasteiger charge is -2.48. The first-order valence-corrected chi connectivity index (χ1v) is 18.2.